The first-order valence-electron chi connectivity index (χ1n) is 5.65. The number of anilines is 1. The van der Waals surface area contributed by atoms with Gasteiger partial charge in [-0.3, -0.25) is 0 Å². The van der Waals surface area contributed by atoms with Crippen LogP contribution in [0.3, 0.4) is 0 Å². The third-order valence-electron chi connectivity index (χ3n) is 2.71. The molecule has 100 valence electrons. The van der Waals surface area contributed by atoms with Gasteiger partial charge < -0.3 is 15.2 Å². The second-order valence-electron chi connectivity index (χ2n) is 3.94. The molecule has 0 saturated carbocycles. The molecule has 0 aliphatic rings. The van der Waals surface area contributed by atoms with Crippen LogP contribution >= 0.6 is 27.5 Å². The number of hydrogen-bond acceptors (Lipinski definition) is 3. The van der Waals surface area contributed by atoms with Crippen molar-refractivity contribution in [3.63, 3.8) is 0 Å². The van der Waals surface area contributed by atoms with Gasteiger partial charge in [0.1, 0.15) is 11.5 Å². The van der Waals surface area contributed by atoms with E-state index in [1.807, 2.05) is 18.2 Å². The maximum Gasteiger partial charge on any atom is 0.135 e. The van der Waals surface area contributed by atoms with Gasteiger partial charge in [-0.25, -0.2) is 0 Å². The van der Waals surface area contributed by atoms with Crippen molar-refractivity contribution < 1.29 is 9.84 Å². The van der Waals surface area contributed by atoms with Crippen LogP contribution in [0.2, 0.25) is 5.02 Å². The minimum absolute atomic E-state index is 0.184. The van der Waals surface area contributed by atoms with Crippen molar-refractivity contribution in [1.29, 1.82) is 0 Å². The molecule has 0 aromatic heterocycles. The maximum absolute atomic E-state index is 9.76. The lowest BCUT2D eigenvalue weighted by Gasteiger charge is -2.11. The predicted molar refractivity (Wildman–Crippen MR) is 81.1 cm³/mol. The highest BCUT2D eigenvalue weighted by Gasteiger charge is 2.06. The molecule has 0 heterocycles. The van der Waals surface area contributed by atoms with E-state index in [0.29, 0.717) is 17.1 Å². The number of methoxy groups -OCH3 is 1. The fourth-order valence-corrected chi connectivity index (χ4v) is 2.33. The zero-order valence-corrected chi connectivity index (χ0v) is 12.6. The van der Waals surface area contributed by atoms with Gasteiger partial charge in [0.05, 0.1) is 11.6 Å². The van der Waals surface area contributed by atoms with E-state index in [0.717, 1.165) is 15.9 Å². The number of benzene rings is 2. The van der Waals surface area contributed by atoms with Crippen molar-refractivity contribution in [3.8, 4) is 11.5 Å². The van der Waals surface area contributed by atoms with Crippen LogP contribution in [0.25, 0.3) is 0 Å². The fourth-order valence-electron chi connectivity index (χ4n) is 1.68. The Morgan fingerprint density at radius 2 is 2.11 bits per heavy atom. The summed E-state index contributed by atoms with van der Waals surface area (Å²) < 4.78 is 6.11. The Morgan fingerprint density at radius 1 is 1.32 bits per heavy atom. The van der Waals surface area contributed by atoms with Crippen molar-refractivity contribution in [3.05, 3.63) is 51.5 Å². The third kappa shape index (κ3) is 3.33. The van der Waals surface area contributed by atoms with Gasteiger partial charge in [0, 0.05) is 28.9 Å². The zero-order valence-electron chi connectivity index (χ0n) is 10.3. The van der Waals surface area contributed by atoms with E-state index in [1.54, 1.807) is 25.3 Å². The van der Waals surface area contributed by atoms with Crippen LogP contribution in [0.5, 0.6) is 11.5 Å². The Kier molecular flexibility index (Phi) is 4.56. The summed E-state index contributed by atoms with van der Waals surface area (Å²) in [5, 5.41) is 13.5. The fraction of sp³-hybridized carbons (Fsp3) is 0.143. The summed E-state index contributed by atoms with van der Waals surface area (Å²) in [7, 11) is 1.61. The molecule has 0 saturated heterocycles. The van der Waals surface area contributed by atoms with Gasteiger partial charge in [0.25, 0.3) is 0 Å². The van der Waals surface area contributed by atoms with Crippen LogP contribution in [0.4, 0.5) is 5.69 Å². The molecule has 2 rings (SSSR count). The van der Waals surface area contributed by atoms with Crippen LogP contribution in [-0.2, 0) is 6.54 Å². The molecular formula is C14H13BrClNO2. The van der Waals surface area contributed by atoms with E-state index >= 15 is 0 Å². The number of nitrogens with one attached hydrogen (secondary N) is 1. The smallest absolute Gasteiger partial charge is 0.135 e. The lowest BCUT2D eigenvalue weighted by atomic mass is 10.2. The largest absolute Gasteiger partial charge is 0.508 e. The average molecular weight is 343 g/mol. The molecule has 0 radical (unpaired) electrons. The topological polar surface area (TPSA) is 41.5 Å². The van der Waals surface area contributed by atoms with Gasteiger partial charge in [-0.1, -0.05) is 17.7 Å². The number of phenolic OH excluding ortho intramolecular Hbond substituents is 1. The Bertz CT molecular complexity index is 569. The molecule has 0 amide bonds. The second kappa shape index (κ2) is 6.17. The molecule has 2 N–H and O–H groups in total. The quantitative estimate of drug-likeness (QED) is 0.863. The molecule has 0 aliphatic heterocycles. The summed E-state index contributed by atoms with van der Waals surface area (Å²) in [5.41, 5.74) is 1.56. The molecule has 0 atom stereocenters. The lowest BCUT2D eigenvalue weighted by Crippen LogP contribution is -2.00. The van der Waals surface area contributed by atoms with Crippen molar-refractivity contribution in [2.75, 3.05) is 12.4 Å². The molecule has 2 aromatic carbocycles. The van der Waals surface area contributed by atoms with Crippen LogP contribution < -0.4 is 10.1 Å². The Balaban J connectivity index is 2.15. The summed E-state index contributed by atoms with van der Waals surface area (Å²) in [4.78, 5) is 0. The lowest BCUT2D eigenvalue weighted by molar-refractivity contribution is 0.412. The van der Waals surface area contributed by atoms with Crippen molar-refractivity contribution >= 4 is 33.2 Å². The van der Waals surface area contributed by atoms with Gasteiger partial charge in [-0.15, -0.1) is 0 Å². The molecule has 0 spiro atoms. The normalized spacial score (nSPS) is 10.3. The minimum atomic E-state index is 0.184. The number of phenols is 1. The van der Waals surface area contributed by atoms with E-state index in [2.05, 4.69) is 21.2 Å². The molecule has 5 heteroatoms. The van der Waals surface area contributed by atoms with Gasteiger partial charge in [-0.2, -0.15) is 0 Å². The first kappa shape index (κ1) is 14.0. The predicted octanol–water partition coefficient (Wildman–Crippen LogP) is 4.43. The number of halogens is 2. The van der Waals surface area contributed by atoms with Crippen LogP contribution in [0.1, 0.15) is 5.56 Å². The highest BCUT2D eigenvalue weighted by molar-refractivity contribution is 9.10. The third-order valence-corrected chi connectivity index (χ3v) is 3.72. The average Bonchev–Trinajstić information content (AvgIpc) is 2.40. The second-order valence-corrected chi connectivity index (χ2v) is 5.20. The van der Waals surface area contributed by atoms with Gasteiger partial charge >= 0.3 is 0 Å². The van der Waals surface area contributed by atoms with E-state index in [4.69, 9.17) is 16.3 Å². The summed E-state index contributed by atoms with van der Waals surface area (Å²) in [5.74, 6) is 0.928. The molecule has 0 fully saturated rings. The molecule has 0 aliphatic carbocycles. The standard InChI is InChI=1S/C14H13BrClNO2/c1-19-14-7-9(5-6-11(14)15)17-8-10-12(16)3-2-4-13(10)18/h2-7,17-18H,8H2,1H3. The van der Waals surface area contributed by atoms with E-state index in [1.165, 1.54) is 0 Å². The number of ether oxygens (including phenoxy) is 1. The van der Waals surface area contributed by atoms with Gasteiger partial charge in [0.15, 0.2) is 0 Å². The highest BCUT2D eigenvalue weighted by atomic mass is 79.9. The number of rotatable bonds is 4. The first-order valence-corrected chi connectivity index (χ1v) is 6.82. The molecular weight excluding hydrogens is 330 g/mol. The first-order chi connectivity index (χ1) is 9.11. The van der Waals surface area contributed by atoms with Crippen LogP contribution in [0.15, 0.2) is 40.9 Å². The van der Waals surface area contributed by atoms with Crippen LogP contribution in [0, 0.1) is 0 Å². The Morgan fingerprint density at radius 3 is 2.79 bits per heavy atom. The summed E-state index contributed by atoms with van der Waals surface area (Å²) in [6.07, 6.45) is 0. The van der Waals surface area contributed by atoms with E-state index in [9.17, 15) is 5.11 Å². The summed E-state index contributed by atoms with van der Waals surface area (Å²) >= 11 is 9.44. The molecule has 19 heavy (non-hydrogen) atoms. The Hall–Kier alpha value is -1.39. The summed E-state index contributed by atoms with van der Waals surface area (Å²) in [6, 6.07) is 10.8. The Labute approximate surface area is 125 Å². The van der Waals surface area contributed by atoms with Crippen molar-refractivity contribution in [2.45, 2.75) is 6.54 Å². The maximum atomic E-state index is 9.76. The summed E-state index contributed by atoms with van der Waals surface area (Å²) in [6.45, 7) is 0.441. The minimum Gasteiger partial charge on any atom is -0.508 e. The monoisotopic (exact) mass is 341 g/mol. The zero-order chi connectivity index (χ0) is 13.8. The number of aromatic hydroxyl groups is 1. The van der Waals surface area contributed by atoms with Gasteiger partial charge in [-0.05, 0) is 40.2 Å². The van der Waals surface area contributed by atoms with Crippen molar-refractivity contribution in [1.82, 2.24) is 0 Å². The molecule has 3 nitrogen and oxygen atoms in total. The molecule has 2 aromatic rings. The van der Waals surface area contributed by atoms with E-state index in [-0.39, 0.29) is 5.75 Å². The molecule has 0 bridgehead atoms. The van der Waals surface area contributed by atoms with Crippen molar-refractivity contribution in [2.24, 2.45) is 0 Å². The van der Waals surface area contributed by atoms with E-state index < -0.39 is 0 Å². The van der Waals surface area contributed by atoms with Crippen LogP contribution in [-0.4, -0.2) is 12.2 Å². The van der Waals surface area contributed by atoms with Gasteiger partial charge in [0.2, 0.25) is 0 Å². The molecule has 0 unspecified atom stereocenters. The number of hydrogen-bond donors (Lipinski definition) is 2. The highest BCUT2D eigenvalue weighted by Crippen LogP contribution is 2.30. The SMILES string of the molecule is COc1cc(NCc2c(O)cccc2Cl)ccc1Br.